The number of rotatable bonds is 5. The number of pyridine rings is 1. The molecule has 126 valence electrons. The quantitative estimate of drug-likeness (QED) is 0.812. The highest BCUT2D eigenvalue weighted by Gasteiger charge is 2.35. The first-order valence-electron chi connectivity index (χ1n) is 7.36. The maximum absolute atomic E-state index is 12.0. The summed E-state index contributed by atoms with van der Waals surface area (Å²) in [4.78, 5) is 10.4. The molecule has 1 N–H and O–H groups in total. The molecule has 2 aromatic heterocycles. The Hall–Kier alpha value is -1.55. The number of aliphatic hydroxyl groups excluding tert-OH is 1. The molecule has 0 bridgehead atoms. The standard InChI is InChI=1S/C14H20N4O4S/c1-17(2)23(20,21)9-10-6-18(7-11(10)19)8-13-16-14-12(22-13)4-3-5-15-14/h3-5,10-11,19H,6-9H2,1-2H3/t10-,11+/m0/s1. The average Bonchev–Trinajstić information content (AvgIpc) is 3.01. The summed E-state index contributed by atoms with van der Waals surface area (Å²) >= 11 is 0. The number of aromatic nitrogens is 2. The Bertz CT molecular complexity index is 756. The molecule has 0 aromatic carbocycles. The van der Waals surface area contributed by atoms with Gasteiger partial charge in [0.15, 0.2) is 11.2 Å². The van der Waals surface area contributed by atoms with E-state index in [2.05, 4.69) is 9.97 Å². The smallest absolute Gasteiger partial charge is 0.214 e. The van der Waals surface area contributed by atoms with Crippen molar-refractivity contribution >= 4 is 21.3 Å². The predicted molar refractivity (Wildman–Crippen MR) is 84.1 cm³/mol. The number of sulfonamides is 1. The molecule has 9 heteroatoms. The zero-order valence-corrected chi connectivity index (χ0v) is 13.9. The summed E-state index contributed by atoms with van der Waals surface area (Å²) in [7, 11) is -0.334. The minimum atomic E-state index is -3.33. The van der Waals surface area contributed by atoms with E-state index in [1.54, 1.807) is 18.3 Å². The summed E-state index contributed by atoms with van der Waals surface area (Å²) in [5.74, 6) is 0.138. The second-order valence-electron chi connectivity index (χ2n) is 6.02. The Morgan fingerprint density at radius 2 is 2.22 bits per heavy atom. The molecule has 3 heterocycles. The van der Waals surface area contributed by atoms with Crippen LogP contribution in [0.15, 0.2) is 22.7 Å². The van der Waals surface area contributed by atoms with Gasteiger partial charge in [-0.25, -0.2) is 17.7 Å². The average molecular weight is 340 g/mol. The molecule has 0 amide bonds. The van der Waals surface area contributed by atoms with Crippen LogP contribution in [0.1, 0.15) is 5.89 Å². The molecule has 8 nitrogen and oxygen atoms in total. The Morgan fingerprint density at radius 3 is 2.91 bits per heavy atom. The van der Waals surface area contributed by atoms with E-state index in [9.17, 15) is 13.5 Å². The van der Waals surface area contributed by atoms with E-state index in [0.29, 0.717) is 36.8 Å². The molecule has 0 unspecified atom stereocenters. The molecule has 2 aromatic rings. The lowest BCUT2D eigenvalue weighted by Gasteiger charge is -2.17. The predicted octanol–water partition coefficient (Wildman–Crippen LogP) is -0.0931. The molecular formula is C14H20N4O4S. The highest BCUT2D eigenvalue weighted by molar-refractivity contribution is 7.89. The van der Waals surface area contributed by atoms with E-state index in [4.69, 9.17) is 4.42 Å². The molecule has 1 fully saturated rings. The van der Waals surface area contributed by atoms with Gasteiger partial charge in [-0.1, -0.05) is 0 Å². The summed E-state index contributed by atoms with van der Waals surface area (Å²) in [5.41, 5.74) is 1.17. The van der Waals surface area contributed by atoms with Gasteiger partial charge in [0.1, 0.15) is 0 Å². The van der Waals surface area contributed by atoms with Crippen LogP contribution >= 0.6 is 0 Å². The number of oxazole rings is 1. The molecule has 0 radical (unpaired) electrons. The summed E-state index contributed by atoms with van der Waals surface area (Å²) in [6.07, 6.45) is 0.975. The van der Waals surface area contributed by atoms with Crippen molar-refractivity contribution in [3.63, 3.8) is 0 Å². The van der Waals surface area contributed by atoms with Gasteiger partial charge in [-0.15, -0.1) is 0 Å². The van der Waals surface area contributed by atoms with Crippen LogP contribution in [0.3, 0.4) is 0 Å². The first kappa shape index (κ1) is 16.3. The van der Waals surface area contributed by atoms with Gasteiger partial charge in [0.25, 0.3) is 0 Å². The van der Waals surface area contributed by atoms with Crippen LogP contribution in [0.5, 0.6) is 0 Å². The maximum atomic E-state index is 12.0. The Balaban J connectivity index is 1.66. The molecule has 23 heavy (non-hydrogen) atoms. The topological polar surface area (TPSA) is 99.8 Å². The van der Waals surface area contributed by atoms with Crippen molar-refractivity contribution in [2.75, 3.05) is 32.9 Å². The van der Waals surface area contributed by atoms with Crippen LogP contribution in [0.25, 0.3) is 11.2 Å². The lowest BCUT2D eigenvalue weighted by molar-refractivity contribution is 0.147. The van der Waals surface area contributed by atoms with E-state index in [1.165, 1.54) is 18.4 Å². The normalized spacial score (nSPS) is 23.1. The van der Waals surface area contributed by atoms with Gasteiger partial charge in [0, 0.05) is 39.3 Å². The number of hydrogen-bond acceptors (Lipinski definition) is 7. The molecule has 0 aliphatic carbocycles. The third-order valence-corrected chi connectivity index (χ3v) is 5.99. The van der Waals surface area contributed by atoms with Gasteiger partial charge in [0.05, 0.1) is 18.4 Å². The van der Waals surface area contributed by atoms with Crippen molar-refractivity contribution in [2.24, 2.45) is 5.92 Å². The van der Waals surface area contributed by atoms with Crippen molar-refractivity contribution in [3.05, 3.63) is 24.2 Å². The zero-order chi connectivity index (χ0) is 16.6. The van der Waals surface area contributed by atoms with Crippen LogP contribution in [0, 0.1) is 5.92 Å². The summed E-state index contributed by atoms with van der Waals surface area (Å²) in [5, 5.41) is 10.1. The van der Waals surface area contributed by atoms with Crippen LogP contribution in [0.2, 0.25) is 0 Å². The van der Waals surface area contributed by atoms with Crippen molar-refractivity contribution < 1.29 is 17.9 Å². The molecular weight excluding hydrogens is 320 g/mol. The maximum Gasteiger partial charge on any atom is 0.214 e. The Labute approximate surface area is 134 Å². The summed E-state index contributed by atoms with van der Waals surface area (Å²) in [6, 6.07) is 3.57. The molecule has 1 aliphatic heterocycles. The number of hydrogen-bond donors (Lipinski definition) is 1. The first-order valence-corrected chi connectivity index (χ1v) is 8.97. The van der Waals surface area contributed by atoms with Gasteiger partial charge in [-0.2, -0.15) is 4.98 Å². The SMILES string of the molecule is CN(C)S(=O)(=O)C[C@@H]1CN(Cc2nc3ncccc3o2)C[C@H]1O. The molecule has 1 aliphatic rings. The van der Waals surface area contributed by atoms with Gasteiger partial charge >= 0.3 is 0 Å². The highest BCUT2D eigenvalue weighted by atomic mass is 32.2. The summed E-state index contributed by atoms with van der Waals surface area (Å²) < 4.78 is 30.7. The number of likely N-dealkylation sites (tertiary alicyclic amines) is 1. The minimum absolute atomic E-state index is 0.0627. The van der Waals surface area contributed by atoms with Gasteiger partial charge < -0.3 is 9.52 Å². The Kier molecular flexibility index (Phi) is 4.37. The van der Waals surface area contributed by atoms with Crippen molar-refractivity contribution in [1.29, 1.82) is 0 Å². The molecule has 3 rings (SSSR count). The van der Waals surface area contributed by atoms with Gasteiger partial charge in [-0.05, 0) is 12.1 Å². The molecule has 0 spiro atoms. The van der Waals surface area contributed by atoms with Crippen LogP contribution in [-0.4, -0.2) is 71.7 Å². The largest absolute Gasteiger partial charge is 0.438 e. The number of β-amino-alcohol motifs (C(OH)–C–C–N with tert-alkyl or cyclic N) is 1. The van der Waals surface area contributed by atoms with Crippen molar-refractivity contribution in [1.82, 2.24) is 19.2 Å². The lowest BCUT2D eigenvalue weighted by atomic mass is 10.1. The van der Waals surface area contributed by atoms with E-state index in [0.717, 1.165) is 0 Å². The van der Waals surface area contributed by atoms with E-state index in [-0.39, 0.29) is 11.7 Å². The lowest BCUT2D eigenvalue weighted by Crippen LogP contribution is -2.33. The van der Waals surface area contributed by atoms with Crippen molar-refractivity contribution in [2.45, 2.75) is 12.6 Å². The Morgan fingerprint density at radius 1 is 1.43 bits per heavy atom. The molecule has 1 saturated heterocycles. The van der Waals surface area contributed by atoms with Gasteiger partial charge in [0.2, 0.25) is 15.9 Å². The second kappa shape index (κ2) is 6.16. The fraction of sp³-hybridized carbons (Fsp3) is 0.571. The van der Waals surface area contributed by atoms with Crippen LogP contribution in [0.4, 0.5) is 0 Å². The monoisotopic (exact) mass is 340 g/mol. The second-order valence-corrected chi connectivity index (χ2v) is 8.24. The fourth-order valence-corrected chi connectivity index (χ4v) is 3.89. The zero-order valence-electron chi connectivity index (χ0n) is 13.1. The van der Waals surface area contributed by atoms with Gasteiger partial charge in [-0.3, -0.25) is 4.90 Å². The molecule has 0 saturated carbocycles. The van der Waals surface area contributed by atoms with Crippen molar-refractivity contribution in [3.8, 4) is 0 Å². The van der Waals surface area contributed by atoms with Crippen LogP contribution < -0.4 is 0 Å². The highest BCUT2D eigenvalue weighted by Crippen LogP contribution is 2.22. The number of fused-ring (bicyclic) bond motifs is 1. The fourth-order valence-electron chi connectivity index (χ4n) is 2.73. The number of aliphatic hydroxyl groups is 1. The van der Waals surface area contributed by atoms with Crippen LogP contribution in [-0.2, 0) is 16.6 Å². The third-order valence-electron chi connectivity index (χ3n) is 4.03. The summed E-state index contributed by atoms with van der Waals surface area (Å²) in [6.45, 7) is 1.31. The first-order chi connectivity index (χ1) is 10.8. The van der Waals surface area contributed by atoms with E-state index in [1.807, 2.05) is 4.90 Å². The minimum Gasteiger partial charge on any atom is -0.438 e. The third kappa shape index (κ3) is 3.52. The van der Waals surface area contributed by atoms with E-state index >= 15 is 0 Å². The van der Waals surface area contributed by atoms with E-state index < -0.39 is 16.1 Å². The number of nitrogens with zero attached hydrogens (tertiary/aromatic N) is 4. The molecule has 2 atom stereocenters.